The minimum Gasteiger partial charge on any atom is -0.507 e. The van der Waals surface area contributed by atoms with E-state index >= 15 is 0 Å². The van der Waals surface area contributed by atoms with Crippen LogP contribution in [0.2, 0.25) is 0 Å². The summed E-state index contributed by atoms with van der Waals surface area (Å²) in [5.41, 5.74) is 5.18. The van der Waals surface area contributed by atoms with Crippen molar-refractivity contribution in [3.8, 4) is 5.75 Å². The maximum atomic E-state index is 12.5. The molecule has 1 aromatic carbocycles. The van der Waals surface area contributed by atoms with E-state index in [2.05, 4.69) is 5.32 Å². The highest BCUT2D eigenvalue weighted by atomic mass is 16.3. The topological polar surface area (TPSA) is 113 Å². The predicted molar refractivity (Wildman–Crippen MR) is 103 cm³/mol. The summed E-state index contributed by atoms with van der Waals surface area (Å²) in [7, 11) is 0. The Balaban J connectivity index is 1.64. The molecule has 0 heterocycles. The second-order valence-electron chi connectivity index (χ2n) is 9.39. The van der Waals surface area contributed by atoms with Crippen molar-refractivity contribution in [1.29, 1.82) is 0 Å². The Morgan fingerprint density at radius 1 is 1.25 bits per heavy atom. The first-order valence-corrected chi connectivity index (χ1v) is 10.5. The molecule has 0 spiro atoms. The van der Waals surface area contributed by atoms with Crippen LogP contribution < -0.4 is 11.1 Å². The first-order valence-electron chi connectivity index (χ1n) is 10.5. The van der Waals surface area contributed by atoms with Crippen molar-refractivity contribution < 1.29 is 19.8 Å². The Morgan fingerprint density at radius 2 is 2.04 bits per heavy atom. The molecule has 3 saturated carbocycles. The Hall–Kier alpha value is -1.92. The third-order valence-electron chi connectivity index (χ3n) is 7.91. The Morgan fingerprint density at radius 3 is 2.75 bits per heavy atom. The van der Waals surface area contributed by atoms with E-state index in [0.717, 1.165) is 24.4 Å². The molecule has 4 aliphatic carbocycles. The molecular formula is C22H28N2O4. The number of benzene rings is 1. The number of fused-ring (bicyclic) bond motifs is 1. The van der Waals surface area contributed by atoms with Crippen LogP contribution in [0, 0.1) is 11.8 Å². The summed E-state index contributed by atoms with van der Waals surface area (Å²) in [5.74, 6) is 0.0431. The number of rotatable bonds is 4. The highest BCUT2D eigenvalue weighted by Gasteiger charge is 2.65. The lowest BCUT2D eigenvalue weighted by molar-refractivity contribution is -0.166. The molecule has 3 fully saturated rings. The van der Waals surface area contributed by atoms with Gasteiger partial charge in [0.2, 0.25) is 0 Å². The number of nitrogens with one attached hydrogen (secondary N) is 1. The number of phenols is 1. The molecule has 150 valence electrons. The molecule has 5 N–H and O–H groups in total. The van der Waals surface area contributed by atoms with Crippen LogP contribution in [0.1, 0.15) is 66.4 Å². The van der Waals surface area contributed by atoms with Gasteiger partial charge in [0, 0.05) is 35.8 Å². The first-order chi connectivity index (χ1) is 13.4. The fourth-order valence-electron chi connectivity index (χ4n) is 6.33. The van der Waals surface area contributed by atoms with Crippen molar-refractivity contribution in [1.82, 2.24) is 5.32 Å². The Bertz CT molecular complexity index is 864. The van der Waals surface area contributed by atoms with Crippen LogP contribution >= 0.6 is 0 Å². The number of amides is 1. The number of nitrogens with two attached hydrogens (primary N) is 1. The zero-order chi connectivity index (χ0) is 19.7. The molecule has 6 heteroatoms. The van der Waals surface area contributed by atoms with Crippen molar-refractivity contribution in [2.75, 3.05) is 6.54 Å². The van der Waals surface area contributed by atoms with Gasteiger partial charge < -0.3 is 21.3 Å². The number of primary amides is 1. The number of hydrogen-bond acceptors (Lipinski definition) is 5. The smallest absolute Gasteiger partial charge is 0.252 e. The summed E-state index contributed by atoms with van der Waals surface area (Å²) < 4.78 is 0. The van der Waals surface area contributed by atoms with Gasteiger partial charge in [-0.2, -0.15) is 0 Å². The molecule has 1 amide bonds. The van der Waals surface area contributed by atoms with Gasteiger partial charge in [-0.25, -0.2) is 0 Å². The number of carbonyl (C=O) groups is 2. The van der Waals surface area contributed by atoms with Crippen LogP contribution in [-0.4, -0.2) is 40.1 Å². The van der Waals surface area contributed by atoms with Crippen LogP contribution in [0.5, 0.6) is 5.75 Å². The van der Waals surface area contributed by atoms with Crippen LogP contribution in [0.4, 0.5) is 0 Å². The SMILES string of the molecule is NC(=O)c1ccc2c(c1O)[C@]13CCC(NCC4CC4)[C@H](C2)[C@]1(O)CCC(=O)C3. The Labute approximate surface area is 164 Å². The first kappa shape index (κ1) is 18.1. The van der Waals surface area contributed by atoms with Crippen molar-refractivity contribution in [3.63, 3.8) is 0 Å². The maximum absolute atomic E-state index is 12.5. The molecule has 2 bridgehead atoms. The number of hydrogen-bond donors (Lipinski definition) is 4. The number of aromatic hydroxyl groups is 1. The third kappa shape index (κ3) is 2.40. The van der Waals surface area contributed by atoms with E-state index in [1.807, 2.05) is 6.07 Å². The van der Waals surface area contributed by atoms with E-state index in [9.17, 15) is 19.8 Å². The number of Topliss-reactive ketones (excluding diaryl/α,β-unsaturated/α-hetero) is 1. The van der Waals surface area contributed by atoms with Gasteiger partial charge in [0.15, 0.2) is 0 Å². The van der Waals surface area contributed by atoms with Crippen molar-refractivity contribution >= 4 is 11.7 Å². The zero-order valence-electron chi connectivity index (χ0n) is 16.0. The van der Waals surface area contributed by atoms with Crippen LogP contribution in [0.15, 0.2) is 12.1 Å². The monoisotopic (exact) mass is 384 g/mol. The number of ketones is 1. The molecule has 1 unspecified atom stereocenters. The molecule has 0 aliphatic heterocycles. The van der Waals surface area contributed by atoms with E-state index in [1.54, 1.807) is 6.07 Å². The van der Waals surface area contributed by atoms with E-state index < -0.39 is 16.9 Å². The van der Waals surface area contributed by atoms with Gasteiger partial charge >= 0.3 is 0 Å². The average molecular weight is 384 g/mol. The summed E-state index contributed by atoms with van der Waals surface area (Å²) in [6, 6.07) is 3.63. The second-order valence-corrected chi connectivity index (χ2v) is 9.39. The van der Waals surface area contributed by atoms with Crippen molar-refractivity contribution in [2.24, 2.45) is 17.6 Å². The Kier molecular flexibility index (Phi) is 3.91. The fraction of sp³-hybridized carbons (Fsp3) is 0.636. The molecule has 6 nitrogen and oxygen atoms in total. The van der Waals surface area contributed by atoms with Gasteiger partial charge in [0.25, 0.3) is 5.91 Å². The van der Waals surface area contributed by atoms with Gasteiger partial charge in [0.1, 0.15) is 11.5 Å². The van der Waals surface area contributed by atoms with Crippen LogP contribution in [-0.2, 0) is 16.6 Å². The third-order valence-corrected chi connectivity index (χ3v) is 7.91. The molecule has 5 rings (SSSR count). The largest absolute Gasteiger partial charge is 0.507 e. The highest BCUT2D eigenvalue weighted by molar-refractivity contribution is 5.96. The molecule has 4 aliphatic rings. The second kappa shape index (κ2) is 6.04. The molecule has 1 aromatic rings. The lowest BCUT2D eigenvalue weighted by Gasteiger charge is -2.62. The molecular weight excluding hydrogens is 356 g/mol. The van der Waals surface area contributed by atoms with Crippen molar-refractivity contribution in [3.05, 3.63) is 28.8 Å². The normalized spacial score (nSPS) is 36.5. The minimum absolute atomic E-state index is 0.000530. The van der Waals surface area contributed by atoms with E-state index in [4.69, 9.17) is 5.73 Å². The lowest BCUT2D eigenvalue weighted by atomic mass is 9.45. The molecule has 0 saturated heterocycles. The van der Waals surface area contributed by atoms with Crippen LogP contribution in [0.25, 0.3) is 0 Å². The predicted octanol–water partition coefficient (Wildman–Crippen LogP) is 1.55. The van der Waals surface area contributed by atoms with Gasteiger partial charge in [0.05, 0.1) is 11.2 Å². The summed E-state index contributed by atoms with van der Waals surface area (Å²) in [5, 5.41) is 26.7. The van der Waals surface area contributed by atoms with Gasteiger partial charge in [-0.15, -0.1) is 0 Å². The van der Waals surface area contributed by atoms with E-state index in [-0.39, 0.29) is 35.5 Å². The highest BCUT2D eigenvalue weighted by Crippen LogP contribution is 2.62. The maximum Gasteiger partial charge on any atom is 0.252 e. The summed E-state index contributed by atoms with van der Waals surface area (Å²) in [6.07, 6.45) is 5.67. The molecule has 0 radical (unpaired) electrons. The van der Waals surface area contributed by atoms with E-state index in [0.29, 0.717) is 31.2 Å². The zero-order valence-corrected chi connectivity index (χ0v) is 16.0. The lowest BCUT2D eigenvalue weighted by Crippen LogP contribution is -2.69. The summed E-state index contributed by atoms with van der Waals surface area (Å²) >= 11 is 0. The van der Waals surface area contributed by atoms with Gasteiger partial charge in [-0.05, 0) is 62.6 Å². The standard InChI is InChI=1S/C22H28N2O4/c23-20(27)15-4-3-13-9-16-17(24-11-12-1-2-12)6-7-21(18(13)19(15)26)10-14(25)5-8-22(16,21)28/h3-4,12,16-17,24,26,28H,1-2,5-11H2,(H2,23,27)/t16-,17?,21+,22+/m0/s1. The van der Waals surface area contributed by atoms with Crippen LogP contribution in [0.3, 0.4) is 0 Å². The number of carbonyl (C=O) groups excluding carboxylic acids is 2. The van der Waals surface area contributed by atoms with Gasteiger partial charge in [-0.1, -0.05) is 6.07 Å². The van der Waals surface area contributed by atoms with Gasteiger partial charge in [-0.3, -0.25) is 9.59 Å². The quantitative estimate of drug-likeness (QED) is 0.629. The fourth-order valence-corrected chi connectivity index (χ4v) is 6.33. The molecule has 4 atom stereocenters. The molecule has 28 heavy (non-hydrogen) atoms. The molecule has 0 aromatic heterocycles. The summed E-state index contributed by atoms with van der Waals surface area (Å²) in [6.45, 7) is 0.988. The average Bonchev–Trinajstić information content (AvgIpc) is 3.45. The van der Waals surface area contributed by atoms with Crippen molar-refractivity contribution in [2.45, 2.75) is 68.4 Å². The summed E-state index contributed by atoms with van der Waals surface area (Å²) in [4.78, 5) is 24.3. The van der Waals surface area contributed by atoms with E-state index in [1.165, 1.54) is 12.8 Å². The number of aliphatic hydroxyl groups is 1. The minimum atomic E-state index is -1.05.